The van der Waals surface area contributed by atoms with Crippen molar-refractivity contribution in [2.45, 2.75) is 18.2 Å². The van der Waals surface area contributed by atoms with Crippen LogP contribution in [0.15, 0.2) is 23.1 Å². The number of rotatable bonds is 9. The van der Waals surface area contributed by atoms with E-state index in [-0.39, 0.29) is 4.90 Å². The molecule has 0 aliphatic carbocycles. The highest BCUT2D eigenvalue weighted by Crippen LogP contribution is 2.23. The van der Waals surface area contributed by atoms with Gasteiger partial charge < -0.3 is 14.2 Å². The molecular weight excluding hydrogens is 304 g/mol. The third-order valence-electron chi connectivity index (χ3n) is 2.55. The predicted molar refractivity (Wildman–Crippen MR) is 77.0 cm³/mol. The summed E-state index contributed by atoms with van der Waals surface area (Å²) in [6.45, 7) is 3.94. The normalized spacial score (nSPS) is 11.6. The van der Waals surface area contributed by atoms with E-state index in [9.17, 15) is 8.42 Å². The molecule has 0 fully saturated rings. The number of hydrogen-bond acceptors (Lipinski definition) is 5. The molecule has 0 unspecified atom stereocenters. The van der Waals surface area contributed by atoms with Gasteiger partial charge in [0.1, 0.15) is 12.4 Å². The lowest BCUT2D eigenvalue weighted by Crippen LogP contribution is -2.09. The molecule has 0 atom stereocenters. The van der Waals surface area contributed by atoms with Gasteiger partial charge in [-0.3, -0.25) is 0 Å². The van der Waals surface area contributed by atoms with E-state index in [1.165, 1.54) is 12.1 Å². The van der Waals surface area contributed by atoms with Crippen LogP contribution in [0.25, 0.3) is 0 Å². The molecule has 0 saturated carbocycles. The van der Waals surface area contributed by atoms with Crippen molar-refractivity contribution >= 4 is 19.7 Å². The van der Waals surface area contributed by atoms with E-state index in [0.717, 1.165) is 6.42 Å². The van der Waals surface area contributed by atoms with E-state index >= 15 is 0 Å². The average Bonchev–Trinajstić information content (AvgIpc) is 2.38. The molecular formula is C13H19ClO5S. The zero-order valence-electron chi connectivity index (χ0n) is 11.6. The predicted octanol–water partition coefficient (Wildman–Crippen LogP) is 2.35. The van der Waals surface area contributed by atoms with Crippen LogP contribution in [0.4, 0.5) is 0 Å². The Kier molecular flexibility index (Phi) is 7.29. The van der Waals surface area contributed by atoms with Crippen LogP contribution in [-0.2, 0) is 18.5 Å². The van der Waals surface area contributed by atoms with Gasteiger partial charge in [0.15, 0.2) is 0 Å². The maximum atomic E-state index is 11.2. The zero-order chi connectivity index (χ0) is 15.0. The minimum absolute atomic E-state index is 0.0693. The van der Waals surface area contributed by atoms with Gasteiger partial charge in [-0.1, -0.05) is 0 Å². The van der Waals surface area contributed by atoms with Crippen LogP contribution in [0.5, 0.6) is 5.75 Å². The van der Waals surface area contributed by atoms with Gasteiger partial charge in [0.05, 0.1) is 11.5 Å². The number of benzene rings is 1. The molecule has 114 valence electrons. The van der Waals surface area contributed by atoms with E-state index in [0.29, 0.717) is 37.7 Å². The second kappa shape index (κ2) is 8.46. The Balaban J connectivity index is 2.38. The highest BCUT2D eigenvalue weighted by molar-refractivity contribution is 8.13. The Morgan fingerprint density at radius 3 is 2.50 bits per heavy atom. The van der Waals surface area contributed by atoms with E-state index in [1.54, 1.807) is 20.1 Å². The van der Waals surface area contributed by atoms with Crippen molar-refractivity contribution in [1.82, 2.24) is 0 Å². The summed E-state index contributed by atoms with van der Waals surface area (Å²) in [6, 6.07) is 4.50. The smallest absolute Gasteiger partial charge is 0.261 e. The fraction of sp³-hybridized carbons (Fsp3) is 0.538. The molecule has 0 saturated heterocycles. The van der Waals surface area contributed by atoms with E-state index in [2.05, 4.69) is 0 Å². The van der Waals surface area contributed by atoms with Crippen molar-refractivity contribution in [3.63, 3.8) is 0 Å². The molecule has 0 spiro atoms. The lowest BCUT2D eigenvalue weighted by molar-refractivity contribution is 0.0805. The van der Waals surface area contributed by atoms with Crippen LogP contribution in [-0.4, -0.2) is 42.0 Å². The third-order valence-corrected chi connectivity index (χ3v) is 3.90. The Morgan fingerprint density at radius 1 is 1.15 bits per heavy atom. The number of methoxy groups -OCH3 is 1. The summed E-state index contributed by atoms with van der Waals surface area (Å²) in [4.78, 5) is 0.0693. The first-order valence-corrected chi connectivity index (χ1v) is 8.51. The van der Waals surface area contributed by atoms with Gasteiger partial charge >= 0.3 is 0 Å². The molecule has 1 rings (SSSR count). The van der Waals surface area contributed by atoms with Crippen molar-refractivity contribution in [1.29, 1.82) is 0 Å². The summed E-state index contributed by atoms with van der Waals surface area (Å²) >= 11 is 0. The highest BCUT2D eigenvalue weighted by atomic mass is 35.7. The first kappa shape index (κ1) is 17.2. The molecule has 0 aromatic heterocycles. The fourth-order valence-electron chi connectivity index (χ4n) is 1.55. The molecule has 0 heterocycles. The van der Waals surface area contributed by atoms with E-state index < -0.39 is 9.05 Å². The largest absolute Gasteiger partial charge is 0.491 e. The molecule has 1 aromatic rings. The van der Waals surface area contributed by atoms with Crippen LogP contribution in [0.2, 0.25) is 0 Å². The van der Waals surface area contributed by atoms with Crippen LogP contribution < -0.4 is 4.74 Å². The minimum Gasteiger partial charge on any atom is -0.491 e. The van der Waals surface area contributed by atoms with Crippen LogP contribution >= 0.6 is 10.7 Å². The van der Waals surface area contributed by atoms with Gasteiger partial charge in [-0.2, -0.15) is 0 Å². The van der Waals surface area contributed by atoms with Crippen LogP contribution in [0, 0.1) is 6.92 Å². The average molecular weight is 323 g/mol. The monoisotopic (exact) mass is 322 g/mol. The van der Waals surface area contributed by atoms with Crippen molar-refractivity contribution in [3.8, 4) is 5.75 Å². The maximum absolute atomic E-state index is 11.2. The summed E-state index contributed by atoms with van der Waals surface area (Å²) in [7, 11) is 3.22. The van der Waals surface area contributed by atoms with Crippen molar-refractivity contribution in [2.75, 3.05) is 33.5 Å². The molecule has 0 radical (unpaired) electrons. The van der Waals surface area contributed by atoms with Gasteiger partial charge in [-0.05, 0) is 37.1 Å². The van der Waals surface area contributed by atoms with Crippen molar-refractivity contribution in [3.05, 3.63) is 23.8 Å². The Morgan fingerprint density at radius 2 is 1.90 bits per heavy atom. The molecule has 0 aliphatic heterocycles. The minimum atomic E-state index is -3.70. The summed E-state index contributed by atoms with van der Waals surface area (Å²) in [5, 5.41) is 0. The van der Waals surface area contributed by atoms with E-state index in [1.807, 2.05) is 0 Å². The van der Waals surface area contributed by atoms with Gasteiger partial charge in [0.2, 0.25) is 0 Å². The van der Waals surface area contributed by atoms with Crippen molar-refractivity contribution < 1.29 is 22.6 Å². The van der Waals surface area contributed by atoms with Gasteiger partial charge in [-0.25, -0.2) is 8.42 Å². The van der Waals surface area contributed by atoms with Crippen LogP contribution in [0.1, 0.15) is 12.0 Å². The second-order valence-electron chi connectivity index (χ2n) is 4.17. The van der Waals surface area contributed by atoms with Gasteiger partial charge in [-0.15, -0.1) is 0 Å². The topological polar surface area (TPSA) is 61.8 Å². The van der Waals surface area contributed by atoms with E-state index in [4.69, 9.17) is 24.9 Å². The molecule has 1 aromatic carbocycles. The molecule has 0 N–H and O–H groups in total. The molecule has 5 nitrogen and oxygen atoms in total. The fourth-order valence-corrected chi connectivity index (χ4v) is 2.39. The third kappa shape index (κ3) is 6.09. The first-order valence-electron chi connectivity index (χ1n) is 6.20. The quantitative estimate of drug-likeness (QED) is 0.516. The lowest BCUT2D eigenvalue weighted by atomic mass is 10.2. The van der Waals surface area contributed by atoms with Gasteiger partial charge in [0.25, 0.3) is 9.05 Å². The van der Waals surface area contributed by atoms with Crippen molar-refractivity contribution in [2.24, 2.45) is 0 Å². The van der Waals surface area contributed by atoms with Gasteiger partial charge in [0, 0.05) is 31.0 Å². The Labute approximate surface area is 124 Å². The molecule has 0 amide bonds. The maximum Gasteiger partial charge on any atom is 0.261 e. The highest BCUT2D eigenvalue weighted by Gasteiger charge is 2.11. The summed E-state index contributed by atoms with van der Waals surface area (Å²) < 4.78 is 38.1. The molecule has 20 heavy (non-hydrogen) atoms. The zero-order valence-corrected chi connectivity index (χ0v) is 13.2. The SMILES string of the molecule is COCCCOCCOc1ccc(S(=O)(=O)Cl)cc1C. The van der Waals surface area contributed by atoms with Crippen LogP contribution in [0.3, 0.4) is 0 Å². The number of aryl methyl sites for hydroxylation is 1. The standard InChI is InChI=1S/C13H19ClO5S/c1-11-10-12(20(14,15)16)4-5-13(11)19-9-8-18-7-3-6-17-2/h4-5,10H,3,6-9H2,1-2H3. The Bertz CT molecular complexity index is 515. The number of ether oxygens (including phenoxy) is 3. The number of hydrogen-bond donors (Lipinski definition) is 0. The lowest BCUT2D eigenvalue weighted by Gasteiger charge is -2.10. The molecule has 0 aliphatic rings. The number of halogens is 1. The second-order valence-corrected chi connectivity index (χ2v) is 6.74. The Hall–Kier alpha value is -0.820. The molecule has 0 bridgehead atoms. The summed E-state index contributed by atoms with van der Waals surface area (Å²) in [6.07, 6.45) is 0.845. The first-order chi connectivity index (χ1) is 9.45. The summed E-state index contributed by atoms with van der Waals surface area (Å²) in [5.74, 6) is 0.620. The summed E-state index contributed by atoms with van der Waals surface area (Å²) in [5.41, 5.74) is 0.714. The molecule has 7 heteroatoms.